The average molecular weight is 586 g/mol. The number of unbranched alkanes of at least 4 members (excludes halogenated alkanes) is 12. The maximum atomic E-state index is 12.4. The van der Waals surface area contributed by atoms with Crippen LogP contribution in [0.5, 0.6) is 0 Å². The molecule has 2 atom stereocenters. The van der Waals surface area contributed by atoms with Gasteiger partial charge in [-0.05, 0) is 32.9 Å². The maximum Gasteiger partial charge on any atom is 0.416 e. The van der Waals surface area contributed by atoms with Crippen LogP contribution in [0.2, 0.25) is 0 Å². The maximum absolute atomic E-state index is 12.4. The molecular formula is C32H63N3O6. The molecule has 0 aliphatic heterocycles. The minimum Gasteiger partial charge on any atom is -0.449 e. The molecule has 0 aromatic rings. The molecule has 0 aromatic carbocycles. The van der Waals surface area contributed by atoms with Gasteiger partial charge in [-0.15, -0.1) is 0 Å². The van der Waals surface area contributed by atoms with Gasteiger partial charge in [0.1, 0.15) is 6.61 Å². The van der Waals surface area contributed by atoms with Gasteiger partial charge in [0.25, 0.3) is 0 Å². The Labute approximate surface area is 251 Å². The van der Waals surface area contributed by atoms with Gasteiger partial charge in [-0.2, -0.15) is 0 Å². The number of hydrogen-bond donors (Lipinski definition) is 1. The van der Waals surface area contributed by atoms with Gasteiger partial charge in [0.05, 0.1) is 18.8 Å². The minimum absolute atomic E-state index is 0.0924. The number of imide groups is 1. The van der Waals surface area contributed by atoms with Crippen LogP contribution in [0.25, 0.3) is 0 Å². The molecule has 3 amide bonds. The number of ether oxygens (including phenoxy) is 3. The van der Waals surface area contributed by atoms with Gasteiger partial charge >= 0.3 is 12.2 Å². The molecule has 0 rings (SSSR count). The molecule has 41 heavy (non-hydrogen) atoms. The lowest BCUT2D eigenvalue weighted by molar-refractivity contribution is -0.127. The first kappa shape index (κ1) is 39.1. The molecule has 0 saturated carbocycles. The zero-order chi connectivity index (χ0) is 30.7. The number of rotatable bonds is 26. The first-order chi connectivity index (χ1) is 19.8. The summed E-state index contributed by atoms with van der Waals surface area (Å²) >= 11 is 0. The Balaban J connectivity index is 4.16. The lowest BCUT2D eigenvalue weighted by atomic mass is 10.0. The summed E-state index contributed by atoms with van der Waals surface area (Å²) in [5.74, 6) is -0.394. The fourth-order valence-corrected chi connectivity index (χ4v) is 4.81. The van der Waals surface area contributed by atoms with E-state index in [1.165, 1.54) is 77.6 Å². The Hall–Kier alpha value is -1.87. The number of carbonyl (C=O) groups excluding carboxylic acids is 3. The molecule has 9 nitrogen and oxygen atoms in total. The number of carbonyl (C=O) groups is 3. The molecule has 0 spiro atoms. The molecule has 242 valence electrons. The van der Waals surface area contributed by atoms with Gasteiger partial charge in [-0.3, -0.25) is 4.79 Å². The summed E-state index contributed by atoms with van der Waals surface area (Å²) in [6.07, 6.45) is 16.8. The summed E-state index contributed by atoms with van der Waals surface area (Å²) < 4.78 is 16.1. The van der Waals surface area contributed by atoms with Gasteiger partial charge in [0, 0.05) is 27.1 Å². The van der Waals surface area contributed by atoms with Crippen molar-refractivity contribution in [1.29, 1.82) is 0 Å². The molecule has 0 fully saturated rings. The standard InChI is InChI=1S/C32H63N3O6/c1-7-10-11-12-13-14-15-16-17-18-19-20-21-23-30(28(4)39-6)33-31(37)40-26-22-24-35(29(5)36)32(38)41-27-25-34(8-2)9-3/h28,30H,7-27H2,1-6H3,(H,33,37). The highest BCUT2D eigenvalue weighted by Crippen LogP contribution is 2.15. The van der Waals surface area contributed by atoms with Crippen molar-refractivity contribution in [3.63, 3.8) is 0 Å². The topological polar surface area (TPSA) is 97.4 Å². The predicted molar refractivity (Wildman–Crippen MR) is 166 cm³/mol. The smallest absolute Gasteiger partial charge is 0.416 e. The van der Waals surface area contributed by atoms with E-state index < -0.39 is 18.1 Å². The summed E-state index contributed by atoms with van der Waals surface area (Å²) in [5, 5.41) is 2.93. The monoisotopic (exact) mass is 585 g/mol. The number of hydrogen-bond acceptors (Lipinski definition) is 7. The highest BCUT2D eigenvalue weighted by Gasteiger charge is 2.21. The van der Waals surface area contributed by atoms with E-state index in [1.807, 2.05) is 20.8 Å². The van der Waals surface area contributed by atoms with Crippen LogP contribution in [-0.2, 0) is 19.0 Å². The Morgan fingerprint density at radius 1 is 0.707 bits per heavy atom. The normalized spacial score (nSPS) is 12.7. The van der Waals surface area contributed by atoms with E-state index in [9.17, 15) is 14.4 Å². The number of nitrogens with one attached hydrogen (secondary N) is 1. The van der Waals surface area contributed by atoms with E-state index in [4.69, 9.17) is 14.2 Å². The van der Waals surface area contributed by atoms with E-state index >= 15 is 0 Å². The summed E-state index contributed by atoms with van der Waals surface area (Å²) in [6.45, 7) is 12.4. The van der Waals surface area contributed by atoms with Crippen molar-refractivity contribution in [2.75, 3.05) is 46.5 Å². The zero-order valence-corrected chi connectivity index (χ0v) is 27.3. The van der Waals surface area contributed by atoms with E-state index in [0.29, 0.717) is 13.0 Å². The second-order valence-corrected chi connectivity index (χ2v) is 11.0. The first-order valence-electron chi connectivity index (χ1n) is 16.4. The van der Waals surface area contributed by atoms with E-state index in [2.05, 4.69) is 17.1 Å². The zero-order valence-electron chi connectivity index (χ0n) is 27.3. The molecule has 0 aromatic heterocycles. The third kappa shape index (κ3) is 21.5. The van der Waals surface area contributed by atoms with Gasteiger partial charge in [0.2, 0.25) is 5.91 Å². The van der Waals surface area contributed by atoms with Crippen LogP contribution in [0.15, 0.2) is 0 Å². The highest BCUT2D eigenvalue weighted by atomic mass is 16.6. The van der Waals surface area contributed by atoms with E-state index in [-0.39, 0.29) is 31.9 Å². The third-order valence-corrected chi connectivity index (χ3v) is 7.75. The molecule has 1 N–H and O–H groups in total. The largest absolute Gasteiger partial charge is 0.449 e. The van der Waals surface area contributed by atoms with Gasteiger partial charge in [-0.25, -0.2) is 14.5 Å². The van der Waals surface area contributed by atoms with Crippen molar-refractivity contribution in [2.45, 2.75) is 143 Å². The Bertz CT molecular complexity index is 659. The Kier molecular flexibility index (Phi) is 25.8. The molecular weight excluding hydrogens is 522 g/mol. The Morgan fingerprint density at radius 3 is 1.73 bits per heavy atom. The second kappa shape index (κ2) is 27.0. The summed E-state index contributed by atoms with van der Waals surface area (Å²) in [5.41, 5.74) is 0. The minimum atomic E-state index is -0.666. The summed E-state index contributed by atoms with van der Waals surface area (Å²) in [6, 6.07) is -0.130. The fraction of sp³-hybridized carbons (Fsp3) is 0.906. The molecule has 0 bridgehead atoms. The van der Waals surface area contributed by atoms with E-state index in [1.54, 1.807) is 7.11 Å². The van der Waals surface area contributed by atoms with Crippen molar-refractivity contribution >= 4 is 18.1 Å². The molecule has 9 heteroatoms. The van der Waals surface area contributed by atoms with Gasteiger partial charge in [-0.1, -0.05) is 104 Å². The number of alkyl carbamates (subject to hydrolysis) is 1. The van der Waals surface area contributed by atoms with Crippen LogP contribution >= 0.6 is 0 Å². The predicted octanol–water partition coefficient (Wildman–Crippen LogP) is 7.31. The molecule has 0 aliphatic carbocycles. The van der Waals surface area contributed by atoms with Crippen LogP contribution in [0.4, 0.5) is 9.59 Å². The van der Waals surface area contributed by atoms with Crippen molar-refractivity contribution in [1.82, 2.24) is 15.1 Å². The van der Waals surface area contributed by atoms with Crippen LogP contribution in [0.1, 0.15) is 131 Å². The van der Waals surface area contributed by atoms with Crippen LogP contribution in [-0.4, -0.2) is 86.5 Å². The summed E-state index contributed by atoms with van der Waals surface area (Å²) in [7, 11) is 1.64. The molecule has 0 aliphatic rings. The number of likely N-dealkylation sites (N-methyl/N-ethyl adjacent to an activating group) is 1. The Morgan fingerprint density at radius 2 is 1.24 bits per heavy atom. The van der Waals surface area contributed by atoms with Crippen molar-refractivity contribution in [3.8, 4) is 0 Å². The molecule has 2 unspecified atom stereocenters. The van der Waals surface area contributed by atoms with Gasteiger partial charge in [0.15, 0.2) is 0 Å². The molecule has 0 heterocycles. The van der Waals surface area contributed by atoms with Crippen molar-refractivity contribution < 1.29 is 28.6 Å². The average Bonchev–Trinajstić information content (AvgIpc) is 2.96. The van der Waals surface area contributed by atoms with E-state index in [0.717, 1.165) is 37.3 Å². The second-order valence-electron chi connectivity index (χ2n) is 11.0. The quantitative estimate of drug-likeness (QED) is 0.106. The van der Waals surface area contributed by atoms with Crippen LogP contribution in [0, 0.1) is 0 Å². The first-order valence-corrected chi connectivity index (χ1v) is 16.4. The highest BCUT2D eigenvalue weighted by molar-refractivity contribution is 5.90. The third-order valence-electron chi connectivity index (χ3n) is 7.75. The lowest BCUT2D eigenvalue weighted by Gasteiger charge is -2.24. The fourth-order valence-electron chi connectivity index (χ4n) is 4.81. The van der Waals surface area contributed by atoms with Crippen molar-refractivity contribution in [2.24, 2.45) is 0 Å². The lowest BCUT2D eigenvalue weighted by Crippen LogP contribution is -2.43. The number of nitrogens with zero attached hydrogens (tertiary/aromatic N) is 2. The number of methoxy groups -OCH3 is 1. The molecule has 0 saturated heterocycles. The van der Waals surface area contributed by atoms with Gasteiger partial charge < -0.3 is 24.4 Å². The van der Waals surface area contributed by atoms with Crippen molar-refractivity contribution in [3.05, 3.63) is 0 Å². The van der Waals surface area contributed by atoms with Crippen LogP contribution < -0.4 is 5.32 Å². The SMILES string of the molecule is CCCCCCCCCCCCCCCC(NC(=O)OCCCN(C(C)=O)C(=O)OCCN(CC)CC)C(C)OC. The molecule has 0 radical (unpaired) electrons. The number of amides is 3. The van der Waals surface area contributed by atoms with Crippen LogP contribution in [0.3, 0.4) is 0 Å². The summed E-state index contributed by atoms with van der Waals surface area (Å²) in [4.78, 5) is 39.8.